The number of benzene rings is 2. The summed E-state index contributed by atoms with van der Waals surface area (Å²) >= 11 is 1.38. The van der Waals surface area contributed by atoms with Crippen LogP contribution < -0.4 is 10.2 Å². The van der Waals surface area contributed by atoms with Crippen LogP contribution in [0.3, 0.4) is 0 Å². The van der Waals surface area contributed by atoms with E-state index in [9.17, 15) is 9.59 Å². The molecule has 1 aliphatic heterocycles. The zero-order valence-corrected chi connectivity index (χ0v) is 16.2. The zero-order chi connectivity index (χ0) is 19.0. The van der Waals surface area contributed by atoms with Gasteiger partial charge in [-0.3, -0.25) is 9.59 Å². The van der Waals surface area contributed by atoms with E-state index in [4.69, 9.17) is 0 Å². The van der Waals surface area contributed by atoms with Gasteiger partial charge >= 0.3 is 0 Å². The SMILES string of the molecule is CC(C)C(=O)N1CCCc2ccc(NC(=O)c3nc4ccccc4s3)cc21. The standard InChI is InChI=1S/C21H21N3O2S/c1-13(2)21(26)24-11-5-6-14-9-10-15(12-17(14)24)22-19(25)20-23-16-7-3-4-8-18(16)27-20/h3-4,7-10,12-13H,5-6,11H2,1-2H3,(H,22,25). The lowest BCUT2D eigenvalue weighted by Gasteiger charge is -2.31. The molecule has 5 nitrogen and oxygen atoms in total. The predicted octanol–water partition coefficient (Wildman–Crippen LogP) is 4.48. The first-order valence-corrected chi connectivity index (χ1v) is 9.96. The molecule has 138 valence electrons. The number of anilines is 2. The number of aromatic nitrogens is 1. The highest BCUT2D eigenvalue weighted by Crippen LogP contribution is 2.31. The highest BCUT2D eigenvalue weighted by Gasteiger charge is 2.25. The Labute approximate surface area is 162 Å². The summed E-state index contributed by atoms with van der Waals surface area (Å²) < 4.78 is 0.988. The first-order chi connectivity index (χ1) is 13.0. The van der Waals surface area contributed by atoms with Crippen molar-refractivity contribution in [2.45, 2.75) is 26.7 Å². The molecule has 2 heterocycles. The van der Waals surface area contributed by atoms with Gasteiger partial charge in [0, 0.05) is 23.8 Å². The average Bonchev–Trinajstić information content (AvgIpc) is 3.11. The molecule has 0 saturated heterocycles. The van der Waals surface area contributed by atoms with Crippen molar-refractivity contribution < 1.29 is 9.59 Å². The van der Waals surface area contributed by atoms with Crippen molar-refractivity contribution in [1.82, 2.24) is 4.98 Å². The number of fused-ring (bicyclic) bond motifs is 2. The average molecular weight is 379 g/mol. The third-order valence-corrected chi connectivity index (χ3v) is 5.75. The van der Waals surface area contributed by atoms with Gasteiger partial charge in [-0.05, 0) is 42.7 Å². The van der Waals surface area contributed by atoms with E-state index in [1.165, 1.54) is 11.3 Å². The molecule has 2 aromatic carbocycles. The third kappa shape index (κ3) is 3.45. The molecule has 3 aromatic rings. The molecule has 2 amide bonds. The summed E-state index contributed by atoms with van der Waals surface area (Å²) in [5.74, 6) is -0.170. The third-order valence-electron chi connectivity index (χ3n) is 4.71. The van der Waals surface area contributed by atoms with E-state index in [0.717, 1.165) is 40.9 Å². The van der Waals surface area contributed by atoms with E-state index in [-0.39, 0.29) is 17.7 Å². The number of nitrogens with one attached hydrogen (secondary N) is 1. The molecule has 0 aliphatic carbocycles. The summed E-state index contributed by atoms with van der Waals surface area (Å²) in [6.45, 7) is 4.55. The monoisotopic (exact) mass is 379 g/mol. The summed E-state index contributed by atoms with van der Waals surface area (Å²) in [6, 6.07) is 13.5. The minimum absolute atomic E-state index is 0.0584. The molecule has 27 heavy (non-hydrogen) atoms. The Bertz CT molecular complexity index is 992. The lowest BCUT2D eigenvalue weighted by Crippen LogP contribution is -2.38. The van der Waals surface area contributed by atoms with Gasteiger partial charge in [-0.1, -0.05) is 32.0 Å². The Morgan fingerprint density at radius 1 is 1.19 bits per heavy atom. The van der Waals surface area contributed by atoms with Crippen LogP contribution in [0, 0.1) is 5.92 Å². The van der Waals surface area contributed by atoms with Crippen molar-refractivity contribution in [2.75, 3.05) is 16.8 Å². The second-order valence-electron chi connectivity index (χ2n) is 7.03. The van der Waals surface area contributed by atoms with Crippen molar-refractivity contribution in [2.24, 2.45) is 5.92 Å². The summed E-state index contributed by atoms with van der Waals surface area (Å²) in [4.78, 5) is 31.4. The molecule has 1 aliphatic rings. The van der Waals surface area contributed by atoms with Crippen LogP contribution in [0.25, 0.3) is 10.2 Å². The van der Waals surface area contributed by atoms with E-state index in [1.807, 2.05) is 61.2 Å². The van der Waals surface area contributed by atoms with Crippen LogP contribution in [0.4, 0.5) is 11.4 Å². The number of hydrogen-bond acceptors (Lipinski definition) is 4. The summed E-state index contributed by atoms with van der Waals surface area (Å²) in [6.07, 6.45) is 1.91. The number of carbonyl (C=O) groups excluding carboxylic acids is 2. The lowest BCUT2D eigenvalue weighted by atomic mass is 9.99. The molecule has 0 fully saturated rings. The highest BCUT2D eigenvalue weighted by atomic mass is 32.1. The summed E-state index contributed by atoms with van der Waals surface area (Å²) in [5, 5.41) is 3.36. The molecule has 1 aromatic heterocycles. The number of para-hydroxylation sites is 1. The van der Waals surface area contributed by atoms with Crippen molar-refractivity contribution in [3.05, 3.63) is 53.0 Å². The molecule has 0 spiro atoms. The Morgan fingerprint density at radius 2 is 2.00 bits per heavy atom. The number of aryl methyl sites for hydroxylation is 1. The molecular weight excluding hydrogens is 358 g/mol. The molecule has 0 bridgehead atoms. The second kappa shape index (κ2) is 7.12. The molecule has 0 saturated carbocycles. The maximum absolute atomic E-state index is 12.6. The largest absolute Gasteiger partial charge is 0.320 e. The number of nitrogens with zero attached hydrogens (tertiary/aromatic N) is 2. The minimum Gasteiger partial charge on any atom is -0.320 e. The Hall–Kier alpha value is -2.73. The quantitative estimate of drug-likeness (QED) is 0.730. The molecule has 0 atom stereocenters. The number of thiazole rings is 1. The lowest BCUT2D eigenvalue weighted by molar-refractivity contribution is -0.121. The van der Waals surface area contributed by atoms with Crippen LogP contribution in [0.1, 0.15) is 35.6 Å². The Morgan fingerprint density at radius 3 is 2.78 bits per heavy atom. The predicted molar refractivity (Wildman–Crippen MR) is 110 cm³/mol. The normalized spacial score (nSPS) is 13.7. The maximum atomic E-state index is 12.6. The van der Waals surface area contributed by atoms with Gasteiger partial charge in [-0.25, -0.2) is 4.98 Å². The van der Waals surface area contributed by atoms with Crippen LogP contribution in [0.2, 0.25) is 0 Å². The van der Waals surface area contributed by atoms with Gasteiger partial charge in [0.05, 0.1) is 10.2 Å². The molecule has 1 N–H and O–H groups in total. The van der Waals surface area contributed by atoms with E-state index in [2.05, 4.69) is 10.3 Å². The van der Waals surface area contributed by atoms with E-state index in [1.54, 1.807) is 0 Å². The Balaban J connectivity index is 1.60. The molecule has 6 heteroatoms. The number of hydrogen-bond donors (Lipinski definition) is 1. The van der Waals surface area contributed by atoms with Crippen LogP contribution in [0.5, 0.6) is 0 Å². The van der Waals surface area contributed by atoms with Gasteiger partial charge in [-0.15, -0.1) is 11.3 Å². The fraction of sp³-hybridized carbons (Fsp3) is 0.286. The molecule has 0 radical (unpaired) electrons. The topological polar surface area (TPSA) is 62.3 Å². The van der Waals surface area contributed by atoms with Gasteiger partial charge in [-0.2, -0.15) is 0 Å². The van der Waals surface area contributed by atoms with E-state index >= 15 is 0 Å². The fourth-order valence-electron chi connectivity index (χ4n) is 3.35. The van der Waals surface area contributed by atoms with Crippen LogP contribution in [-0.2, 0) is 11.2 Å². The van der Waals surface area contributed by atoms with E-state index < -0.39 is 0 Å². The first-order valence-electron chi connectivity index (χ1n) is 9.14. The second-order valence-corrected chi connectivity index (χ2v) is 8.06. The van der Waals surface area contributed by atoms with Gasteiger partial charge in [0.25, 0.3) is 5.91 Å². The molecule has 4 rings (SSSR count). The van der Waals surface area contributed by atoms with Crippen molar-refractivity contribution in [3.63, 3.8) is 0 Å². The van der Waals surface area contributed by atoms with Crippen molar-refractivity contribution >= 4 is 44.7 Å². The van der Waals surface area contributed by atoms with Gasteiger partial charge in [0.1, 0.15) is 0 Å². The van der Waals surface area contributed by atoms with E-state index in [0.29, 0.717) is 10.7 Å². The minimum atomic E-state index is -0.228. The summed E-state index contributed by atoms with van der Waals surface area (Å²) in [5.41, 5.74) is 3.56. The maximum Gasteiger partial charge on any atom is 0.284 e. The van der Waals surface area contributed by atoms with Gasteiger partial charge in [0.2, 0.25) is 5.91 Å². The number of carbonyl (C=O) groups is 2. The van der Waals surface area contributed by atoms with Crippen molar-refractivity contribution in [3.8, 4) is 0 Å². The van der Waals surface area contributed by atoms with Crippen LogP contribution >= 0.6 is 11.3 Å². The fourth-order valence-corrected chi connectivity index (χ4v) is 4.21. The van der Waals surface area contributed by atoms with Crippen LogP contribution in [-0.4, -0.2) is 23.3 Å². The van der Waals surface area contributed by atoms with Crippen LogP contribution in [0.15, 0.2) is 42.5 Å². The summed E-state index contributed by atoms with van der Waals surface area (Å²) in [7, 11) is 0. The van der Waals surface area contributed by atoms with Gasteiger partial charge < -0.3 is 10.2 Å². The molecular formula is C21H21N3O2S. The number of rotatable bonds is 3. The van der Waals surface area contributed by atoms with Crippen molar-refractivity contribution in [1.29, 1.82) is 0 Å². The number of amides is 2. The molecule has 0 unspecified atom stereocenters. The van der Waals surface area contributed by atoms with Gasteiger partial charge in [0.15, 0.2) is 5.01 Å². The Kier molecular flexibility index (Phi) is 4.66. The smallest absolute Gasteiger partial charge is 0.284 e. The first kappa shape index (κ1) is 17.7. The zero-order valence-electron chi connectivity index (χ0n) is 15.4. The highest BCUT2D eigenvalue weighted by molar-refractivity contribution is 7.20.